The first-order valence-corrected chi connectivity index (χ1v) is 14.0. The van der Waals surface area contributed by atoms with Crippen LogP contribution in [0.2, 0.25) is 0 Å². The zero-order valence-corrected chi connectivity index (χ0v) is 24.0. The number of imidazole rings is 1. The average molecular weight is 561 g/mol. The summed E-state index contributed by atoms with van der Waals surface area (Å²) in [4.78, 5) is 26.7. The average Bonchev–Trinajstić information content (AvgIpc) is 3.33. The van der Waals surface area contributed by atoms with Crippen molar-refractivity contribution in [3.63, 3.8) is 0 Å². The Morgan fingerprint density at radius 2 is 1.79 bits per heavy atom. The monoisotopic (exact) mass is 560 g/mol. The SMILES string of the molecule is Cc1ccc(-n2nc(C(C)(C)C)cc2NC(=O)Nc2ccc(-c3cn(C4CC4)c4ncnc(N)c34)n3ccnc23)cc1. The van der Waals surface area contributed by atoms with Crippen LogP contribution in [0.3, 0.4) is 0 Å². The Balaban J connectivity index is 1.22. The van der Waals surface area contributed by atoms with E-state index in [1.807, 2.05) is 60.0 Å². The summed E-state index contributed by atoms with van der Waals surface area (Å²) < 4.78 is 5.90. The van der Waals surface area contributed by atoms with Gasteiger partial charge in [0.05, 0.1) is 28.1 Å². The normalized spacial score (nSPS) is 13.6. The lowest BCUT2D eigenvalue weighted by Gasteiger charge is -2.14. The molecule has 0 aliphatic heterocycles. The number of nitrogens with one attached hydrogen (secondary N) is 2. The fourth-order valence-electron chi connectivity index (χ4n) is 5.25. The van der Waals surface area contributed by atoms with Crippen LogP contribution in [0.4, 0.5) is 22.1 Å². The number of aromatic nitrogens is 7. The Labute approximate surface area is 242 Å². The van der Waals surface area contributed by atoms with Crippen molar-refractivity contribution in [2.45, 2.75) is 52.0 Å². The topological polar surface area (TPSA) is 133 Å². The molecule has 1 fully saturated rings. The van der Waals surface area contributed by atoms with Crippen LogP contribution in [0.5, 0.6) is 0 Å². The number of nitrogen functional groups attached to an aromatic ring is 1. The summed E-state index contributed by atoms with van der Waals surface area (Å²) in [5.74, 6) is 1.00. The largest absolute Gasteiger partial charge is 0.383 e. The molecule has 1 aromatic carbocycles. The molecule has 5 aromatic heterocycles. The fourth-order valence-corrected chi connectivity index (χ4v) is 5.25. The maximum absolute atomic E-state index is 13.4. The lowest BCUT2D eigenvalue weighted by atomic mass is 9.92. The first kappa shape index (κ1) is 25.8. The van der Waals surface area contributed by atoms with Crippen LogP contribution in [0.15, 0.2) is 67.4 Å². The zero-order valence-electron chi connectivity index (χ0n) is 24.0. The fraction of sp³-hybridized carbons (Fsp3) is 0.258. The van der Waals surface area contributed by atoms with E-state index >= 15 is 0 Å². The number of carbonyl (C=O) groups is 1. The minimum atomic E-state index is -0.399. The van der Waals surface area contributed by atoms with Crippen molar-refractivity contribution in [3.05, 3.63) is 78.6 Å². The maximum Gasteiger partial charge on any atom is 0.324 e. The van der Waals surface area contributed by atoms with Crippen molar-refractivity contribution in [1.82, 2.24) is 33.7 Å². The molecule has 1 saturated carbocycles. The predicted octanol–water partition coefficient (Wildman–Crippen LogP) is 6.10. The number of nitrogens with zero attached hydrogens (tertiary/aromatic N) is 7. The van der Waals surface area contributed by atoms with Crippen molar-refractivity contribution in [1.29, 1.82) is 0 Å². The quantitative estimate of drug-likeness (QED) is 0.233. The second kappa shape index (κ2) is 9.44. The lowest BCUT2D eigenvalue weighted by Crippen LogP contribution is -2.21. The van der Waals surface area contributed by atoms with E-state index in [-0.39, 0.29) is 5.41 Å². The Kier molecular flexibility index (Phi) is 5.79. The van der Waals surface area contributed by atoms with E-state index in [0.717, 1.165) is 52.1 Å². The van der Waals surface area contributed by atoms with Gasteiger partial charge in [0.15, 0.2) is 5.65 Å². The molecule has 1 aliphatic carbocycles. The highest BCUT2D eigenvalue weighted by Crippen LogP contribution is 2.42. The van der Waals surface area contributed by atoms with Crippen LogP contribution in [-0.2, 0) is 5.41 Å². The number of aryl methyl sites for hydroxylation is 1. The van der Waals surface area contributed by atoms with E-state index < -0.39 is 6.03 Å². The molecule has 0 saturated heterocycles. The minimum Gasteiger partial charge on any atom is -0.383 e. The molecule has 0 unspecified atom stereocenters. The zero-order chi connectivity index (χ0) is 29.2. The highest BCUT2D eigenvalue weighted by molar-refractivity contribution is 6.03. The number of pyridine rings is 1. The van der Waals surface area contributed by atoms with Gasteiger partial charge >= 0.3 is 6.03 Å². The van der Waals surface area contributed by atoms with Gasteiger partial charge in [0.2, 0.25) is 0 Å². The van der Waals surface area contributed by atoms with Gasteiger partial charge in [-0.15, -0.1) is 0 Å². The van der Waals surface area contributed by atoms with E-state index in [4.69, 9.17) is 10.8 Å². The molecular formula is C31H32N10O. The molecule has 0 spiro atoms. The number of fused-ring (bicyclic) bond motifs is 2. The van der Waals surface area contributed by atoms with Gasteiger partial charge in [0.25, 0.3) is 0 Å². The van der Waals surface area contributed by atoms with Crippen LogP contribution < -0.4 is 16.4 Å². The smallest absolute Gasteiger partial charge is 0.324 e. The van der Waals surface area contributed by atoms with Gasteiger partial charge in [-0.1, -0.05) is 38.5 Å². The Morgan fingerprint density at radius 1 is 1.00 bits per heavy atom. The number of amides is 2. The van der Waals surface area contributed by atoms with Crippen LogP contribution >= 0.6 is 0 Å². The van der Waals surface area contributed by atoms with Gasteiger partial charge in [0, 0.05) is 41.7 Å². The van der Waals surface area contributed by atoms with Crippen molar-refractivity contribution < 1.29 is 4.79 Å². The van der Waals surface area contributed by atoms with Gasteiger partial charge in [-0.3, -0.25) is 9.72 Å². The molecule has 0 radical (unpaired) electrons. The third-order valence-corrected chi connectivity index (χ3v) is 7.65. The molecule has 0 bridgehead atoms. The van der Waals surface area contributed by atoms with Crippen LogP contribution in [0.1, 0.15) is 50.9 Å². The Bertz CT molecular complexity index is 1970. The van der Waals surface area contributed by atoms with Gasteiger partial charge in [-0.2, -0.15) is 5.10 Å². The standard InChI is InChI=1S/C31H32N10O/c1-18-5-7-20(8-6-18)41-25(15-24(38-41)31(2,3)4)37-30(42)36-22-11-12-23(39-14-13-33-28(22)39)21-16-40(19-9-10-19)29-26(21)27(32)34-17-35-29/h5-8,11-17,19H,9-10H2,1-4H3,(H2,32,34,35)(H2,36,37,42). The third kappa shape index (κ3) is 4.43. The summed E-state index contributed by atoms with van der Waals surface area (Å²) in [5, 5.41) is 11.6. The summed E-state index contributed by atoms with van der Waals surface area (Å²) >= 11 is 0. The molecule has 0 atom stereocenters. The molecule has 42 heavy (non-hydrogen) atoms. The minimum absolute atomic E-state index is 0.197. The molecule has 11 heteroatoms. The maximum atomic E-state index is 13.4. The van der Waals surface area contributed by atoms with Crippen molar-refractivity contribution in [2.24, 2.45) is 0 Å². The summed E-state index contributed by atoms with van der Waals surface area (Å²) in [6.07, 6.45) is 9.42. The second-order valence-corrected chi connectivity index (χ2v) is 11.9. The molecule has 5 heterocycles. The van der Waals surface area contributed by atoms with Gasteiger partial charge in [-0.05, 0) is 44.0 Å². The van der Waals surface area contributed by atoms with E-state index in [0.29, 0.717) is 29.0 Å². The Hall–Kier alpha value is -5.19. The number of urea groups is 1. The summed E-state index contributed by atoms with van der Waals surface area (Å²) in [5.41, 5.74) is 12.8. The van der Waals surface area contributed by atoms with E-state index in [2.05, 4.69) is 57.1 Å². The first-order valence-electron chi connectivity index (χ1n) is 14.0. The van der Waals surface area contributed by atoms with Gasteiger partial charge in [-0.25, -0.2) is 24.4 Å². The first-order chi connectivity index (χ1) is 20.2. The van der Waals surface area contributed by atoms with Gasteiger partial charge in [0.1, 0.15) is 23.6 Å². The number of hydrogen-bond acceptors (Lipinski definition) is 6. The summed E-state index contributed by atoms with van der Waals surface area (Å²) in [6, 6.07) is 13.8. The number of carbonyl (C=O) groups excluding carboxylic acids is 1. The molecule has 7 rings (SSSR count). The molecule has 2 amide bonds. The number of hydrogen-bond donors (Lipinski definition) is 3. The molecule has 11 nitrogen and oxygen atoms in total. The number of rotatable bonds is 5. The van der Waals surface area contributed by atoms with Crippen molar-refractivity contribution in [3.8, 4) is 16.9 Å². The van der Waals surface area contributed by atoms with Crippen molar-refractivity contribution in [2.75, 3.05) is 16.4 Å². The second-order valence-electron chi connectivity index (χ2n) is 11.9. The molecule has 4 N–H and O–H groups in total. The van der Waals surface area contributed by atoms with Crippen LogP contribution in [0, 0.1) is 6.92 Å². The third-order valence-electron chi connectivity index (χ3n) is 7.65. The summed E-state index contributed by atoms with van der Waals surface area (Å²) in [6.45, 7) is 8.32. The highest BCUT2D eigenvalue weighted by Gasteiger charge is 2.28. The van der Waals surface area contributed by atoms with E-state index in [1.54, 1.807) is 10.9 Å². The van der Waals surface area contributed by atoms with E-state index in [9.17, 15) is 4.79 Å². The van der Waals surface area contributed by atoms with Gasteiger partial charge < -0.3 is 15.6 Å². The molecule has 6 aromatic rings. The lowest BCUT2D eigenvalue weighted by molar-refractivity contribution is 0.262. The van der Waals surface area contributed by atoms with Crippen molar-refractivity contribution >= 4 is 40.0 Å². The summed E-state index contributed by atoms with van der Waals surface area (Å²) in [7, 11) is 0. The molecule has 212 valence electrons. The van der Waals surface area contributed by atoms with Crippen LogP contribution in [0.25, 0.3) is 33.6 Å². The molecule has 1 aliphatic rings. The number of nitrogens with two attached hydrogens (primary N) is 1. The highest BCUT2D eigenvalue weighted by atomic mass is 16.2. The van der Waals surface area contributed by atoms with Crippen LogP contribution in [-0.4, -0.2) is 39.7 Å². The molecular weight excluding hydrogens is 528 g/mol. The van der Waals surface area contributed by atoms with E-state index in [1.165, 1.54) is 6.33 Å². The Morgan fingerprint density at radius 3 is 2.52 bits per heavy atom. The number of benzene rings is 1. The number of anilines is 3. The predicted molar refractivity (Wildman–Crippen MR) is 164 cm³/mol.